The van der Waals surface area contributed by atoms with Crippen LogP contribution in [0.2, 0.25) is 0 Å². The maximum Gasteiger partial charge on any atom is 0.295 e. The van der Waals surface area contributed by atoms with Crippen molar-refractivity contribution in [3.8, 4) is 0 Å². The van der Waals surface area contributed by atoms with Crippen LogP contribution >= 0.6 is 0 Å². The Morgan fingerprint density at radius 3 is 1.75 bits per heavy atom. The largest absolute Gasteiger partial charge is 0.394 e. The molecule has 0 aliphatic rings. The van der Waals surface area contributed by atoms with Crippen molar-refractivity contribution in [1.82, 2.24) is 0 Å². The number of rotatable bonds is 13. The van der Waals surface area contributed by atoms with Crippen LogP contribution in [0.5, 0.6) is 0 Å². The number of carbonyl (C=O) groups excluding carboxylic acids is 1. The minimum Gasteiger partial charge on any atom is -0.394 e. The Kier molecular flexibility index (Phi) is 8.04. The summed E-state index contributed by atoms with van der Waals surface area (Å²) in [5.41, 5.74) is 0. The van der Waals surface area contributed by atoms with Crippen molar-refractivity contribution in [2.45, 2.75) is 18.3 Å². The van der Waals surface area contributed by atoms with Crippen LogP contribution in [0.3, 0.4) is 0 Å². The lowest BCUT2D eigenvalue weighted by atomic mass is 10.0. The van der Waals surface area contributed by atoms with E-state index in [0.29, 0.717) is 0 Å². The molecule has 0 aromatic carbocycles. The van der Waals surface area contributed by atoms with Crippen molar-refractivity contribution in [3.63, 3.8) is 0 Å². The van der Waals surface area contributed by atoms with Crippen LogP contribution in [0.25, 0.3) is 0 Å². The third kappa shape index (κ3) is 7.44. The standard InChI is InChI=1S/C6H8N4O14/c11-1-4(22-8(15)16)6(24-10(19)20)5(23-9(17)18)3(12)2-21-7(13)14/h4-6,11H,1-2H2/t4-,5+,6+/m1/s1. The quantitative estimate of drug-likeness (QED) is 0.263. The molecular weight excluding hydrogens is 352 g/mol. The Labute approximate surface area is 128 Å². The van der Waals surface area contributed by atoms with Crippen molar-refractivity contribution < 1.29 is 49.6 Å². The minimum absolute atomic E-state index is 1.36. The fraction of sp³-hybridized carbons (Fsp3) is 0.833. The second kappa shape index (κ2) is 9.45. The number of aliphatic hydroxyl groups excluding tert-OH is 1. The van der Waals surface area contributed by atoms with Crippen LogP contribution in [-0.4, -0.2) is 62.8 Å². The molecule has 1 N–H and O–H groups in total. The van der Waals surface area contributed by atoms with Crippen LogP contribution in [0, 0.1) is 40.5 Å². The van der Waals surface area contributed by atoms with E-state index in [2.05, 4.69) is 19.4 Å². The molecule has 0 aromatic rings. The summed E-state index contributed by atoms with van der Waals surface area (Å²) in [6, 6.07) is 0. The summed E-state index contributed by atoms with van der Waals surface area (Å²) < 4.78 is 0. The lowest BCUT2D eigenvalue weighted by Gasteiger charge is -2.26. The number of carbonyl (C=O) groups is 1. The Morgan fingerprint density at radius 1 is 0.875 bits per heavy atom. The van der Waals surface area contributed by atoms with Gasteiger partial charge in [0.25, 0.3) is 20.3 Å². The van der Waals surface area contributed by atoms with Gasteiger partial charge in [-0.25, -0.2) is 0 Å². The Morgan fingerprint density at radius 2 is 1.38 bits per heavy atom. The average molecular weight is 360 g/mol. The molecular formula is C6H8N4O14. The van der Waals surface area contributed by atoms with Gasteiger partial charge in [0.05, 0.1) is 6.61 Å². The van der Waals surface area contributed by atoms with Gasteiger partial charge in [-0.15, -0.1) is 40.5 Å². The van der Waals surface area contributed by atoms with E-state index in [9.17, 15) is 45.3 Å². The van der Waals surface area contributed by atoms with Crippen LogP contribution in [0.1, 0.15) is 0 Å². The molecule has 136 valence electrons. The van der Waals surface area contributed by atoms with Crippen molar-refractivity contribution in [2.75, 3.05) is 13.2 Å². The SMILES string of the molecule is O=C(CO[N+](=O)[O-])[C@H](O[N+](=O)[O-])[C@@H](O[N+](=O)[O-])[C@@H](CO)O[N+](=O)[O-]. The highest BCUT2D eigenvalue weighted by Gasteiger charge is 2.42. The number of aliphatic hydroxyl groups is 1. The number of ketones is 1. The maximum absolute atomic E-state index is 11.6. The molecule has 0 rings (SSSR count). The van der Waals surface area contributed by atoms with E-state index in [-0.39, 0.29) is 0 Å². The normalized spacial score (nSPS) is 13.7. The average Bonchev–Trinajstić information content (AvgIpc) is 2.45. The minimum atomic E-state index is -2.61. The first kappa shape index (κ1) is 20.4. The molecule has 0 aromatic heterocycles. The molecule has 24 heavy (non-hydrogen) atoms. The number of hydrogen-bond acceptors (Lipinski definition) is 14. The first-order valence-electron chi connectivity index (χ1n) is 5.42. The summed E-state index contributed by atoms with van der Waals surface area (Å²) in [6.07, 6.45) is -7.39. The van der Waals surface area contributed by atoms with E-state index < -0.39 is 57.7 Å². The predicted molar refractivity (Wildman–Crippen MR) is 60.6 cm³/mol. The van der Waals surface area contributed by atoms with Crippen molar-refractivity contribution in [3.05, 3.63) is 40.5 Å². The van der Waals surface area contributed by atoms with Crippen LogP contribution in [-0.2, 0) is 24.1 Å². The molecule has 0 saturated carbocycles. The molecule has 3 atom stereocenters. The van der Waals surface area contributed by atoms with E-state index in [1.165, 1.54) is 0 Å². The monoisotopic (exact) mass is 360 g/mol. The predicted octanol–water partition coefficient (Wildman–Crippen LogP) is -2.51. The molecule has 0 heterocycles. The molecule has 0 amide bonds. The van der Waals surface area contributed by atoms with Gasteiger partial charge in [0, 0.05) is 0 Å². The fourth-order valence-electron chi connectivity index (χ4n) is 1.32. The summed E-state index contributed by atoms with van der Waals surface area (Å²) in [5.74, 6) is -1.62. The fourth-order valence-corrected chi connectivity index (χ4v) is 1.32. The van der Waals surface area contributed by atoms with Crippen molar-refractivity contribution >= 4 is 5.78 Å². The third-order valence-electron chi connectivity index (χ3n) is 2.10. The zero-order valence-electron chi connectivity index (χ0n) is 11.2. The van der Waals surface area contributed by atoms with E-state index >= 15 is 0 Å². The van der Waals surface area contributed by atoms with Gasteiger partial charge < -0.3 is 24.5 Å². The maximum atomic E-state index is 11.6. The zero-order chi connectivity index (χ0) is 18.9. The molecule has 0 spiro atoms. The molecule has 0 unspecified atom stereocenters. The van der Waals surface area contributed by atoms with Crippen LogP contribution < -0.4 is 0 Å². The highest BCUT2D eigenvalue weighted by atomic mass is 17.0. The highest BCUT2D eigenvalue weighted by Crippen LogP contribution is 2.15. The summed E-state index contributed by atoms with van der Waals surface area (Å²) in [4.78, 5) is 67.8. The van der Waals surface area contributed by atoms with E-state index in [4.69, 9.17) is 5.11 Å². The molecule has 18 nitrogen and oxygen atoms in total. The lowest BCUT2D eigenvalue weighted by Crippen LogP contribution is -2.51. The number of Topliss-reactive ketones (excluding diaryl/α,β-unsaturated/α-hetero) is 1. The van der Waals surface area contributed by atoms with Gasteiger partial charge in [0.15, 0.2) is 30.7 Å². The second-order valence-electron chi connectivity index (χ2n) is 3.56. The summed E-state index contributed by atoms with van der Waals surface area (Å²) in [7, 11) is 0. The molecule has 0 radical (unpaired) electrons. The van der Waals surface area contributed by atoms with Gasteiger partial charge >= 0.3 is 0 Å². The van der Waals surface area contributed by atoms with Gasteiger partial charge in [-0.05, 0) is 0 Å². The summed E-state index contributed by atoms with van der Waals surface area (Å²) in [5, 5.41) is 43.7. The topological polar surface area (TPSA) is 247 Å². The van der Waals surface area contributed by atoms with E-state index in [0.717, 1.165) is 0 Å². The van der Waals surface area contributed by atoms with Gasteiger partial charge in [0.1, 0.15) is 0 Å². The Hall–Kier alpha value is -3.57. The highest BCUT2D eigenvalue weighted by molar-refractivity contribution is 5.84. The second-order valence-corrected chi connectivity index (χ2v) is 3.56. The molecule has 0 bridgehead atoms. The summed E-state index contributed by atoms with van der Waals surface area (Å²) in [6.45, 7) is -2.82. The third-order valence-corrected chi connectivity index (χ3v) is 2.10. The van der Waals surface area contributed by atoms with Gasteiger partial charge in [-0.3, -0.25) is 4.79 Å². The Balaban J connectivity index is 5.55. The van der Waals surface area contributed by atoms with Gasteiger partial charge in [0.2, 0.25) is 0 Å². The van der Waals surface area contributed by atoms with Crippen LogP contribution in [0.4, 0.5) is 0 Å². The molecule has 0 aliphatic heterocycles. The summed E-state index contributed by atoms with van der Waals surface area (Å²) >= 11 is 0. The Bertz CT molecular complexity index is 507. The number of hydrogen-bond donors (Lipinski definition) is 1. The van der Waals surface area contributed by atoms with Crippen molar-refractivity contribution in [1.29, 1.82) is 0 Å². The zero-order valence-corrected chi connectivity index (χ0v) is 11.2. The molecule has 0 fully saturated rings. The molecule has 0 saturated heterocycles. The molecule has 0 aliphatic carbocycles. The van der Waals surface area contributed by atoms with E-state index in [1.807, 2.05) is 0 Å². The van der Waals surface area contributed by atoms with E-state index in [1.54, 1.807) is 0 Å². The molecule has 18 heteroatoms. The lowest BCUT2D eigenvalue weighted by molar-refractivity contribution is -0.814. The van der Waals surface area contributed by atoms with Gasteiger partial charge in [-0.1, -0.05) is 0 Å². The first-order valence-corrected chi connectivity index (χ1v) is 5.42. The van der Waals surface area contributed by atoms with Crippen molar-refractivity contribution in [2.24, 2.45) is 0 Å². The van der Waals surface area contributed by atoms with Gasteiger partial charge in [-0.2, -0.15) is 0 Å². The number of nitrogens with zero attached hydrogens (tertiary/aromatic N) is 4. The first-order chi connectivity index (χ1) is 11.1. The van der Waals surface area contributed by atoms with Crippen LogP contribution in [0.15, 0.2) is 0 Å². The smallest absolute Gasteiger partial charge is 0.295 e.